The van der Waals surface area contributed by atoms with Crippen molar-refractivity contribution in [3.63, 3.8) is 0 Å². The Morgan fingerprint density at radius 1 is 1.17 bits per heavy atom. The first kappa shape index (κ1) is 16.2. The largest absolute Gasteiger partial charge is 0.351 e. The summed E-state index contributed by atoms with van der Waals surface area (Å²) in [7, 11) is 0. The second-order valence-corrected chi connectivity index (χ2v) is 6.40. The first-order valence-corrected chi connectivity index (χ1v) is 8.07. The lowest BCUT2D eigenvalue weighted by atomic mass is 10.0. The zero-order valence-corrected chi connectivity index (χ0v) is 13.9. The second kappa shape index (κ2) is 6.43. The van der Waals surface area contributed by atoms with Crippen LogP contribution in [0.1, 0.15) is 29.5 Å². The molecule has 1 heterocycles. The summed E-state index contributed by atoms with van der Waals surface area (Å²) in [6, 6.07) is 9.60. The molecule has 0 bridgehead atoms. The van der Waals surface area contributed by atoms with Crippen LogP contribution < -0.4 is 10.6 Å². The fourth-order valence-corrected chi connectivity index (χ4v) is 2.65. The fourth-order valence-electron chi connectivity index (χ4n) is 2.65. The van der Waals surface area contributed by atoms with E-state index in [9.17, 15) is 9.59 Å². The van der Waals surface area contributed by atoms with Crippen molar-refractivity contribution in [2.24, 2.45) is 5.41 Å². The van der Waals surface area contributed by atoms with E-state index < -0.39 is 5.41 Å². The third-order valence-corrected chi connectivity index (χ3v) is 4.44. The number of nitrogens with zero attached hydrogens (tertiary/aromatic N) is 1. The average Bonchev–Trinajstić information content (AvgIpc) is 3.39. The Morgan fingerprint density at radius 2 is 1.96 bits per heavy atom. The number of carbonyl (C=O) groups excluding carboxylic acids is 2. The quantitative estimate of drug-likeness (QED) is 0.831. The summed E-state index contributed by atoms with van der Waals surface area (Å²) in [5, 5.41) is 5.78. The number of benzene rings is 1. The summed E-state index contributed by atoms with van der Waals surface area (Å²) < 4.78 is 0. The summed E-state index contributed by atoms with van der Waals surface area (Å²) in [6.45, 7) is 4.30. The van der Waals surface area contributed by atoms with Gasteiger partial charge >= 0.3 is 0 Å². The van der Waals surface area contributed by atoms with Crippen molar-refractivity contribution in [1.29, 1.82) is 0 Å². The van der Waals surface area contributed by atoms with Gasteiger partial charge in [0.15, 0.2) is 0 Å². The van der Waals surface area contributed by atoms with Crippen molar-refractivity contribution >= 4 is 17.5 Å². The van der Waals surface area contributed by atoms with Crippen LogP contribution in [0.2, 0.25) is 0 Å². The van der Waals surface area contributed by atoms with E-state index in [0.29, 0.717) is 19.4 Å². The number of carbonyl (C=O) groups is 2. The molecule has 2 N–H and O–H groups in total. The van der Waals surface area contributed by atoms with E-state index in [0.717, 1.165) is 22.4 Å². The van der Waals surface area contributed by atoms with Gasteiger partial charge in [0.05, 0.1) is 0 Å². The molecule has 24 heavy (non-hydrogen) atoms. The normalized spacial score (nSPS) is 14.8. The van der Waals surface area contributed by atoms with Gasteiger partial charge in [-0.1, -0.05) is 18.2 Å². The predicted octanol–water partition coefficient (Wildman–Crippen LogP) is 2.73. The summed E-state index contributed by atoms with van der Waals surface area (Å²) in [5.41, 5.74) is 2.81. The van der Waals surface area contributed by atoms with Crippen LogP contribution in [-0.2, 0) is 16.1 Å². The Kier molecular flexibility index (Phi) is 4.34. The Bertz CT molecular complexity index is 767. The van der Waals surface area contributed by atoms with Crippen molar-refractivity contribution in [1.82, 2.24) is 10.3 Å². The molecule has 0 spiro atoms. The topological polar surface area (TPSA) is 71.1 Å². The zero-order valence-electron chi connectivity index (χ0n) is 13.9. The molecule has 1 aliphatic rings. The highest BCUT2D eigenvalue weighted by atomic mass is 16.2. The van der Waals surface area contributed by atoms with Crippen LogP contribution in [0.15, 0.2) is 42.7 Å². The standard InChI is InChI=1S/C19H21N3O2/c1-13-5-6-14(2)16(10-13)22-18(24)19(7-8-19)17(23)21-12-15-4-3-9-20-11-15/h3-6,9-11H,7-8,12H2,1-2H3,(H,21,23)(H,22,24). The smallest absolute Gasteiger partial charge is 0.240 e. The minimum Gasteiger partial charge on any atom is -0.351 e. The summed E-state index contributed by atoms with van der Waals surface area (Å²) in [6.07, 6.45) is 4.56. The fraction of sp³-hybridized carbons (Fsp3) is 0.316. The number of hydrogen-bond acceptors (Lipinski definition) is 3. The molecule has 0 radical (unpaired) electrons. The number of aryl methyl sites for hydroxylation is 2. The molecule has 0 unspecified atom stereocenters. The van der Waals surface area contributed by atoms with Crippen LogP contribution in [0.5, 0.6) is 0 Å². The average molecular weight is 323 g/mol. The zero-order chi connectivity index (χ0) is 17.2. The molecular weight excluding hydrogens is 302 g/mol. The van der Waals surface area contributed by atoms with Crippen LogP contribution in [-0.4, -0.2) is 16.8 Å². The predicted molar refractivity (Wildman–Crippen MR) is 92.3 cm³/mol. The first-order valence-electron chi connectivity index (χ1n) is 8.07. The molecular formula is C19H21N3O2. The summed E-state index contributed by atoms with van der Waals surface area (Å²) in [5.74, 6) is -0.436. The molecule has 2 amide bonds. The number of nitrogens with one attached hydrogen (secondary N) is 2. The molecule has 2 aromatic rings. The van der Waals surface area contributed by atoms with Crippen molar-refractivity contribution in [3.8, 4) is 0 Å². The number of aromatic nitrogens is 1. The van der Waals surface area contributed by atoms with Gasteiger partial charge in [-0.2, -0.15) is 0 Å². The van der Waals surface area contributed by atoms with Gasteiger partial charge in [-0.05, 0) is 55.5 Å². The van der Waals surface area contributed by atoms with Crippen molar-refractivity contribution in [3.05, 3.63) is 59.4 Å². The highest BCUT2D eigenvalue weighted by Gasteiger charge is 2.56. The van der Waals surface area contributed by atoms with Crippen LogP contribution in [0, 0.1) is 19.3 Å². The number of hydrogen-bond donors (Lipinski definition) is 2. The van der Waals surface area contributed by atoms with Gasteiger partial charge in [0.2, 0.25) is 11.8 Å². The maximum absolute atomic E-state index is 12.6. The number of rotatable bonds is 5. The lowest BCUT2D eigenvalue weighted by molar-refractivity contribution is -0.134. The van der Waals surface area contributed by atoms with Gasteiger partial charge in [-0.3, -0.25) is 14.6 Å². The van der Waals surface area contributed by atoms with E-state index in [-0.39, 0.29) is 11.8 Å². The minimum absolute atomic E-state index is 0.214. The van der Waals surface area contributed by atoms with Gasteiger partial charge in [-0.15, -0.1) is 0 Å². The molecule has 0 aliphatic heterocycles. The van der Waals surface area contributed by atoms with Crippen molar-refractivity contribution in [2.45, 2.75) is 33.2 Å². The molecule has 1 aromatic carbocycles. The Labute approximate surface area is 141 Å². The number of pyridine rings is 1. The number of amides is 2. The molecule has 124 valence electrons. The van der Waals surface area contributed by atoms with Crippen LogP contribution in [0.4, 0.5) is 5.69 Å². The van der Waals surface area contributed by atoms with Crippen molar-refractivity contribution < 1.29 is 9.59 Å². The third kappa shape index (κ3) is 3.30. The lowest BCUT2D eigenvalue weighted by Gasteiger charge is -2.17. The molecule has 1 aliphatic carbocycles. The van der Waals surface area contributed by atoms with Crippen LogP contribution in [0.25, 0.3) is 0 Å². The number of anilines is 1. The molecule has 3 rings (SSSR count). The third-order valence-electron chi connectivity index (χ3n) is 4.44. The second-order valence-electron chi connectivity index (χ2n) is 6.40. The molecule has 1 aromatic heterocycles. The van der Waals surface area contributed by atoms with E-state index in [4.69, 9.17) is 0 Å². The van der Waals surface area contributed by atoms with E-state index in [1.54, 1.807) is 12.4 Å². The first-order chi connectivity index (χ1) is 11.5. The maximum Gasteiger partial charge on any atom is 0.240 e. The van der Waals surface area contributed by atoms with E-state index in [1.165, 1.54) is 0 Å². The SMILES string of the molecule is Cc1ccc(C)c(NC(=O)C2(C(=O)NCc3cccnc3)CC2)c1. The lowest BCUT2D eigenvalue weighted by Crippen LogP contribution is -2.39. The highest BCUT2D eigenvalue weighted by molar-refractivity contribution is 6.13. The molecule has 1 fully saturated rings. The molecule has 1 saturated carbocycles. The maximum atomic E-state index is 12.6. The van der Waals surface area contributed by atoms with Gasteiger partial charge < -0.3 is 10.6 Å². The molecule has 0 saturated heterocycles. The van der Waals surface area contributed by atoms with Gasteiger partial charge in [0.25, 0.3) is 0 Å². The molecule has 5 nitrogen and oxygen atoms in total. The Morgan fingerprint density at radius 3 is 2.62 bits per heavy atom. The monoisotopic (exact) mass is 323 g/mol. The highest BCUT2D eigenvalue weighted by Crippen LogP contribution is 2.47. The Balaban J connectivity index is 1.65. The summed E-state index contributed by atoms with van der Waals surface area (Å²) >= 11 is 0. The van der Waals surface area contributed by atoms with Crippen LogP contribution in [0.3, 0.4) is 0 Å². The van der Waals surface area contributed by atoms with Gasteiger partial charge in [0.1, 0.15) is 5.41 Å². The Hall–Kier alpha value is -2.69. The van der Waals surface area contributed by atoms with E-state index in [1.807, 2.05) is 44.2 Å². The van der Waals surface area contributed by atoms with Gasteiger partial charge in [0, 0.05) is 24.6 Å². The molecule has 0 atom stereocenters. The van der Waals surface area contributed by atoms with E-state index >= 15 is 0 Å². The van der Waals surface area contributed by atoms with Crippen LogP contribution >= 0.6 is 0 Å². The van der Waals surface area contributed by atoms with E-state index in [2.05, 4.69) is 15.6 Å². The van der Waals surface area contributed by atoms with Gasteiger partial charge in [-0.25, -0.2) is 0 Å². The molecule has 5 heteroatoms. The van der Waals surface area contributed by atoms with Crippen molar-refractivity contribution in [2.75, 3.05) is 5.32 Å². The summed E-state index contributed by atoms with van der Waals surface area (Å²) in [4.78, 5) is 29.1. The minimum atomic E-state index is -0.932.